The van der Waals surface area contributed by atoms with Crippen molar-refractivity contribution in [2.45, 2.75) is 26.3 Å². The van der Waals surface area contributed by atoms with E-state index in [1.54, 1.807) is 18.1 Å². The van der Waals surface area contributed by atoms with Crippen LogP contribution in [0.25, 0.3) is 11.0 Å². The Balaban J connectivity index is 0.00000180. The van der Waals surface area contributed by atoms with E-state index in [0.717, 1.165) is 66.0 Å². The zero-order chi connectivity index (χ0) is 17.5. The molecule has 27 heavy (non-hydrogen) atoms. The Morgan fingerprint density at radius 2 is 2.19 bits per heavy atom. The largest absolute Gasteiger partial charge is 0.346 e. The molecule has 7 nitrogen and oxygen atoms in total. The van der Waals surface area contributed by atoms with Crippen molar-refractivity contribution in [3.8, 4) is 0 Å². The fourth-order valence-corrected chi connectivity index (χ4v) is 5.20. The van der Waals surface area contributed by atoms with Gasteiger partial charge in [-0.3, -0.25) is 4.79 Å². The Morgan fingerprint density at radius 3 is 3.11 bits per heavy atom. The van der Waals surface area contributed by atoms with Crippen LogP contribution >= 0.6 is 11.8 Å². The van der Waals surface area contributed by atoms with Gasteiger partial charge in [-0.05, 0) is 31.4 Å². The van der Waals surface area contributed by atoms with Gasteiger partial charge in [0.05, 0.1) is 10.3 Å². The number of carbonyl (C=O) groups is 1. The summed E-state index contributed by atoms with van der Waals surface area (Å²) in [6.45, 7) is 3.63. The third-order valence-corrected chi connectivity index (χ3v) is 6.62. The van der Waals surface area contributed by atoms with Crippen LogP contribution in [0.15, 0.2) is 29.7 Å². The number of aromatic amines is 1. The molecule has 0 aromatic carbocycles. The second-order valence-electron chi connectivity index (χ2n) is 7.12. The highest BCUT2D eigenvalue weighted by Gasteiger charge is 2.35. The molecule has 0 spiro atoms. The molecule has 3 aliphatic rings. The standard InChI is InChI=1S/C18H22N6OS.CH4/c25-18(24-6-3-12-1-4-19-14(12)9-24)15-10-23(7-8-26-15)17-13-2-5-20-16(13)21-11-22-17;/h2,5,10-12,14,19H,1,3-4,6-9H2,(H,20,21,22);1H4. The number of nitrogens with zero attached hydrogens (tertiary/aromatic N) is 4. The van der Waals surface area contributed by atoms with E-state index >= 15 is 0 Å². The molecule has 0 radical (unpaired) electrons. The van der Waals surface area contributed by atoms with Gasteiger partial charge in [-0.15, -0.1) is 11.8 Å². The molecule has 0 aliphatic carbocycles. The maximum Gasteiger partial charge on any atom is 0.261 e. The van der Waals surface area contributed by atoms with Crippen molar-refractivity contribution in [3.63, 3.8) is 0 Å². The molecule has 144 valence electrons. The molecular weight excluding hydrogens is 360 g/mol. The summed E-state index contributed by atoms with van der Waals surface area (Å²) in [6, 6.07) is 2.46. The van der Waals surface area contributed by atoms with E-state index in [9.17, 15) is 4.79 Å². The van der Waals surface area contributed by atoms with Crippen LogP contribution in [0, 0.1) is 5.92 Å². The first kappa shape index (κ1) is 18.3. The molecule has 2 aromatic heterocycles. The summed E-state index contributed by atoms with van der Waals surface area (Å²) in [5.41, 5.74) is 0.823. The summed E-state index contributed by atoms with van der Waals surface area (Å²) in [5, 5.41) is 4.53. The average Bonchev–Trinajstić information content (AvgIpc) is 3.35. The average molecular weight is 387 g/mol. The second kappa shape index (κ2) is 7.52. The normalized spacial score (nSPS) is 25.1. The minimum atomic E-state index is 0. The highest BCUT2D eigenvalue weighted by molar-refractivity contribution is 8.04. The van der Waals surface area contributed by atoms with Crippen molar-refractivity contribution < 1.29 is 4.79 Å². The number of thioether (sulfide) groups is 1. The lowest BCUT2D eigenvalue weighted by molar-refractivity contribution is -0.128. The maximum atomic E-state index is 13.1. The summed E-state index contributed by atoms with van der Waals surface area (Å²) in [6.07, 6.45) is 7.77. The van der Waals surface area contributed by atoms with Crippen molar-refractivity contribution >= 4 is 34.5 Å². The Hall–Kier alpha value is -2.06. The number of amides is 1. The van der Waals surface area contributed by atoms with Crippen LogP contribution in [0.5, 0.6) is 0 Å². The van der Waals surface area contributed by atoms with E-state index in [0.29, 0.717) is 6.04 Å². The minimum Gasteiger partial charge on any atom is -0.346 e. The quantitative estimate of drug-likeness (QED) is 0.824. The lowest BCUT2D eigenvalue weighted by atomic mass is 9.92. The van der Waals surface area contributed by atoms with Crippen molar-refractivity contribution in [1.82, 2.24) is 25.2 Å². The summed E-state index contributed by atoms with van der Waals surface area (Å²) in [4.78, 5) is 29.8. The molecule has 8 heteroatoms. The third-order valence-electron chi connectivity index (χ3n) is 5.64. The van der Waals surface area contributed by atoms with Gasteiger partial charge in [0.1, 0.15) is 17.8 Å². The highest BCUT2D eigenvalue weighted by Crippen LogP contribution is 2.32. The van der Waals surface area contributed by atoms with Crippen LogP contribution in [0.2, 0.25) is 0 Å². The number of rotatable bonds is 2. The highest BCUT2D eigenvalue weighted by atomic mass is 32.2. The number of fused-ring (bicyclic) bond motifs is 2. The topological polar surface area (TPSA) is 77.2 Å². The van der Waals surface area contributed by atoms with E-state index in [2.05, 4.69) is 25.2 Å². The second-order valence-corrected chi connectivity index (χ2v) is 8.26. The number of hydrogen-bond acceptors (Lipinski definition) is 6. The summed E-state index contributed by atoms with van der Waals surface area (Å²) in [5.74, 6) is 2.64. The van der Waals surface area contributed by atoms with Gasteiger partial charge in [-0.1, -0.05) is 7.43 Å². The van der Waals surface area contributed by atoms with E-state index in [1.807, 2.05) is 23.4 Å². The van der Waals surface area contributed by atoms with Crippen molar-refractivity contribution in [2.75, 3.05) is 36.8 Å². The van der Waals surface area contributed by atoms with Crippen LogP contribution in [-0.4, -0.2) is 63.7 Å². The molecule has 2 N–H and O–H groups in total. The number of carbonyl (C=O) groups excluding carboxylic acids is 1. The molecule has 2 atom stereocenters. The SMILES string of the molecule is C.O=C(C1=CN(c2ncnc3[nH]ccc23)CCS1)N1CCC2CCNC2C1. The zero-order valence-electron chi connectivity index (χ0n) is 14.5. The first-order chi connectivity index (χ1) is 12.8. The molecule has 2 saturated heterocycles. The lowest BCUT2D eigenvalue weighted by Gasteiger charge is -2.36. The smallest absolute Gasteiger partial charge is 0.261 e. The van der Waals surface area contributed by atoms with Gasteiger partial charge < -0.3 is 20.1 Å². The van der Waals surface area contributed by atoms with Gasteiger partial charge in [0, 0.05) is 43.8 Å². The molecule has 5 rings (SSSR count). The number of nitrogens with one attached hydrogen (secondary N) is 2. The summed E-state index contributed by atoms with van der Waals surface area (Å²) < 4.78 is 0. The Kier molecular flexibility index (Phi) is 5.10. The molecule has 2 fully saturated rings. The van der Waals surface area contributed by atoms with Crippen LogP contribution in [0.3, 0.4) is 0 Å². The van der Waals surface area contributed by atoms with Crippen LogP contribution in [-0.2, 0) is 4.79 Å². The number of anilines is 1. The van der Waals surface area contributed by atoms with Gasteiger partial charge in [0.25, 0.3) is 5.91 Å². The predicted octanol–water partition coefficient (Wildman–Crippen LogP) is 2.20. The predicted molar refractivity (Wildman–Crippen MR) is 110 cm³/mol. The van der Waals surface area contributed by atoms with E-state index < -0.39 is 0 Å². The number of likely N-dealkylation sites (tertiary alicyclic amines) is 1. The minimum absolute atomic E-state index is 0. The number of hydrogen-bond donors (Lipinski definition) is 2. The van der Waals surface area contributed by atoms with Gasteiger partial charge in [0.15, 0.2) is 0 Å². The molecule has 0 saturated carbocycles. The molecule has 3 aliphatic heterocycles. The molecule has 1 amide bonds. The van der Waals surface area contributed by atoms with Crippen LogP contribution in [0.4, 0.5) is 5.82 Å². The molecule has 5 heterocycles. The monoisotopic (exact) mass is 386 g/mol. The number of aromatic nitrogens is 3. The Bertz CT molecular complexity index is 865. The van der Waals surface area contributed by atoms with Crippen molar-refractivity contribution in [3.05, 3.63) is 29.7 Å². The van der Waals surface area contributed by atoms with E-state index in [1.165, 1.54) is 6.42 Å². The fourth-order valence-electron chi connectivity index (χ4n) is 4.24. The Labute approximate surface area is 163 Å². The lowest BCUT2D eigenvalue weighted by Crippen LogP contribution is -2.49. The molecular formula is C19H26N6OS. The molecule has 0 bridgehead atoms. The van der Waals surface area contributed by atoms with Gasteiger partial charge in [-0.2, -0.15) is 0 Å². The van der Waals surface area contributed by atoms with Crippen LogP contribution in [0.1, 0.15) is 20.3 Å². The molecule has 2 unspecified atom stereocenters. The maximum absolute atomic E-state index is 13.1. The molecule has 2 aromatic rings. The van der Waals surface area contributed by atoms with E-state index in [4.69, 9.17) is 0 Å². The summed E-state index contributed by atoms with van der Waals surface area (Å²) in [7, 11) is 0. The fraction of sp³-hybridized carbons (Fsp3) is 0.526. The van der Waals surface area contributed by atoms with Gasteiger partial charge in [-0.25, -0.2) is 9.97 Å². The first-order valence-electron chi connectivity index (χ1n) is 9.21. The van der Waals surface area contributed by atoms with Crippen LogP contribution < -0.4 is 10.2 Å². The van der Waals surface area contributed by atoms with Crippen molar-refractivity contribution in [1.29, 1.82) is 0 Å². The van der Waals surface area contributed by atoms with Gasteiger partial charge in [0.2, 0.25) is 0 Å². The van der Waals surface area contributed by atoms with Gasteiger partial charge >= 0.3 is 0 Å². The zero-order valence-corrected chi connectivity index (χ0v) is 15.3. The first-order valence-corrected chi connectivity index (χ1v) is 10.2. The number of H-pyrrole nitrogens is 1. The number of piperidine rings is 1. The van der Waals surface area contributed by atoms with Crippen molar-refractivity contribution in [2.24, 2.45) is 5.92 Å². The third kappa shape index (κ3) is 3.32. The Morgan fingerprint density at radius 1 is 1.26 bits per heavy atom. The summed E-state index contributed by atoms with van der Waals surface area (Å²) >= 11 is 1.65. The van der Waals surface area contributed by atoms with E-state index in [-0.39, 0.29) is 13.3 Å².